The maximum absolute atomic E-state index is 13.0. The Morgan fingerprint density at radius 1 is 0.440 bits per heavy atom. The smallest absolute Gasteiger partial charge is 0.305 e. The number of rotatable bonds is 62. The van der Waals surface area contributed by atoms with Crippen LogP contribution in [0.25, 0.3) is 0 Å². The van der Waals surface area contributed by atoms with Gasteiger partial charge in [-0.05, 0) is 96.3 Å². The lowest BCUT2D eigenvalue weighted by atomic mass is 9.99. The van der Waals surface area contributed by atoms with E-state index in [4.69, 9.17) is 14.2 Å². The largest absolute Gasteiger partial charge is 0.466 e. The van der Waals surface area contributed by atoms with Crippen LogP contribution in [0, 0.1) is 0 Å². The van der Waals surface area contributed by atoms with Crippen LogP contribution in [0.4, 0.5) is 0 Å². The summed E-state index contributed by atoms with van der Waals surface area (Å²) in [6.07, 6.45) is 72.4. The SMILES string of the molecule is CCCC/C=C\CCCCCCCC(=O)OCCCCCCCCCCCCC/C=C\C/C=C\CCCCCCCCCCCCCCCCCCCC(=O)NC(COC1OC(CO)C(O)C(O)C1O)C(O)/C=C/CC/C=C/CCCCCC. The molecule has 0 aromatic heterocycles. The molecule has 11 heteroatoms. The van der Waals surface area contributed by atoms with Crippen LogP contribution >= 0.6 is 0 Å². The van der Waals surface area contributed by atoms with Crippen LogP contribution < -0.4 is 5.32 Å². The second kappa shape index (κ2) is 62.0. The number of allylic oxidation sites excluding steroid dienone is 9. The van der Waals surface area contributed by atoms with Gasteiger partial charge in [0.2, 0.25) is 5.91 Å². The number of unbranched alkanes of at least 4 members (excludes halogenated alkanes) is 40. The van der Waals surface area contributed by atoms with Crippen LogP contribution in [-0.2, 0) is 23.8 Å². The van der Waals surface area contributed by atoms with Crippen molar-refractivity contribution in [2.45, 2.75) is 371 Å². The molecule has 1 heterocycles. The predicted molar refractivity (Wildman–Crippen MR) is 352 cm³/mol. The zero-order valence-electron chi connectivity index (χ0n) is 54.4. The maximum Gasteiger partial charge on any atom is 0.305 e. The van der Waals surface area contributed by atoms with E-state index in [9.17, 15) is 35.1 Å². The minimum absolute atomic E-state index is 0.00158. The zero-order valence-corrected chi connectivity index (χ0v) is 54.4. The fraction of sp³-hybridized carbons (Fsp3) is 0.836. The quantitative estimate of drug-likeness (QED) is 0.0195. The second-order valence-electron chi connectivity index (χ2n) is 24.6. The summed E-state index contributed by atoms with van der Waals surface area (Å²) in [5.41, 5.74) is 0. The molecule has 0 aromatic rings. The van der Waals surface area contributed by atoms with Gasteiger partial charge in [0.15, 0.2) is 6.29 Å². The number of carbonyl (C=O) groups excluding carboxylic acids is 2. The highest BCUT2D eigenvalue weighted by atomic mass is 16.7. The molecule has 1 fully saturated rings. The maximum atomic E-state index is 13.0. The Hall–Kier alpha value is -2.64. The fourth-order valence-corrected chi connectivity index (χ4v) is 10.9. The van der Waals surface area contributed by atoms with E-state index in [1.807, 2.05) is 6.08 Å². The number of hydrogen-bond donors (Lipinski definition) is 6. The molecule has 0 bridgehead atoms. The number of hydrogen-bond acceptors (Lipinski definition) is 10. The second-order valence-corrected chi connectivity index (χ2v) is 24.6. The normalized spacial score (nSPS) is 18.4. The molecule has 6 N–H and O–H groups in total. The van der Waals surface area contributed by atoms with Crippen molar-refractivity contribution in [1.29, 1.82) is 0 Å². The molecule has 84 heavy (non-hydrogen) atoms. The molecule has 7 atom stereocenters. The molecule has 11 nitrogen and oxygen atoms in total. The molecule has 0 spiro atoms. The van der Waals surface area contributed by atoms with Crippen LogP contribution in [0.5, 0.6) is 0 Å². The lowest BCUT2D eigenvalue weighted by Crippen LogP contribution is -2.60. The summed E-state index contributed by atoms with van der Waals surface area (Å²) in [6.45, 7) is 4.27. The molecule has 1 rings (SSSR count). The van der Waals surface area contributed by atoms with E-state index < -0.39 is 49.5 Å². The molecule has 1 amide bonds. The van der Waals surface area contributed by atoms with E-state index in [2.05, 4.69) is 67.8 Å². The third-order valence-corrected chi connectivity index (χ3v) is 16.6. The Bertz CT molecular complexity index is 1580. The van der Waals surface area contributed by atoms with Gasteiger partial charge in [-0.2, -0.15) is 0 Å². The van der Waals surface area contributed by atoms with Gasteiger partial charge >= 0.3 is 5.97 Å². The van der Waals surface area contributed by atoms with Crippen molar-refractivity contribution in [3.05, 3.63) is 60.8 Å². The highest BCUT2D eigenvalue weighted by Gasteiger charge is 2.44. The summed E-state index contributed by atoms with van der Waals surface area (Å²) in [5.74, 6) is -0.192. The molecule has 0 saturated carbocycles. The van der Waals surface area contributed by atoms with E-state index in [0.29, 0.717) is 19.4 Å². The number of aliphatic hydroxyl groups is 5. The van der Waals surface area contributed by atoms with Gasteiger partial charge in [0.1, 0.15) is 24.4 Å². The number of esters is 1. The lowest BCUT2D eigenvalue weighted by molar-refractivity contribution is -0.302. The molecule has 1 aliphatic rings. The van der Waals surface area contributed by atoms with Gasteiger partial charge in [-0.25, -0.2) is 0 Å². The van der Waals surface area contributed by atoms with Crippen LogP contribution in [0.1, 0.15) is 328 Å². The van der Waals surface area contributed by atoms with Gasteiger partial charge in [0.25, 0.3) is 0 Å². The van der Waals surface area contributed by atoms with Gasteiger partial charge in [-0.3, -0.25) is 9.59 Å². The molecule has 0 radical (unpaired) electrons. The van der Waals surface area contributed by atoms with E-state index in [1.54, 1.807) is 6.08 Å². The monoisotopic (exact) mass is 1180 g/mol. The molecule has 0 aliphatic carbocycles. The number of nitrogens with one attached hydrogen (secondary N) is 1. The summed E-state index contributed by atoms with van der Waals surface area (Å²) in [6, 6.07) is -0.825. The minimum Gasteiger partial charge on any atom is -0.466 e. The molecular formula is C73H133NO10. The Kier molecular flexibility index (Phi) is 58.6. The first-order valence-electron chi connectivity index (χ1n) is 35.6. The van der Waals surface area contributed by atoms with Gasteiger partial charge in [0.05, 0.1) is 32.0 Å². The van der Waals surface area contributed by atoms with Crippen molar-refractivity contribution < 1.29 is 49.3 Å². The predicted octanol–water partition coefficient (Wildman–Crippen LogP) is 18.1. The molecular weight excluding hydrogens is 1050 g/mol. The first-order valence-corrected chi connectivity index (χ1v) is 35.6. The Labute approximate surface area is 516 Å². The summed E-state index contributed by atoms with van der Waals surface area (Å²) >= 11 is 0. The molecule has 490 valence electrons. The van der Waals surface area contributed by atoms with E-state index in [1.165, 1.54) is 238 Å². The summed E-state index contributed by atoms with van der Waals surface area (Å²) in [5, 5.41) is 54.3. The van der Waals surface area contributed by atoms with Crippen molar-refractivity contribution >= 4 is 11.9 Å². The average Bonchev–Trinajstić information content (AvgIpc) is 3.66. The zero-order chi connectivity index (χ0) is 60.9. The van der Waals surface area contributed by atoms with Crippen LogP contribution in [0.2, 0.25) is 0 Å². The van der Waals surface area contributed by atoms with Gasteiger partial charge < -0.3 is 45.1 Å². The number of carbonyl (C=O) groups is 2. The van der Waals surface area contributed by atoms with Gasteiger partial charge in [-0.1, -0.05) is 280 Å². The van der Waals surface area contributed by atoms with Crippen molar-refractivity contribution in [3.63, 3.8) is 0 Å². The first kappa shape index (κ1) is 79.4. The van der Waals surface area contributed by atoms with Crippen LogP contribution in [-0.4, -0.2) is 100 Å². The summed E-state index contributed by atoms with van der Waals surface area (Å²) in [7, 11) is 0. The van der Waals surface area contributed by atoms with Crippen LogP contribution in [0.15, 0.2) is 60.8 Å². The molecule has 7 unspecified atom stereocenters. The first-order chi connectivity index (χ1) is 41.2. The Morgan fingerprint density at radius 2 is 0.821 bits per heavy atom. The highest BCUT2D eigenvalue weighted by Crippen LogP contribution is 2.23. The number of amides is 1. The molecule has 1 saturated heterocycles. The fourth-order valence-electron chi connectivity index (χ4n) is 10.9. The van der Waals surface area contributed by atoms with Crippen molar-refractivity contribution in [2.24, 2.45) is 0 Å². The summed E-state index contributed by atoms with van der Waals surface area (Å²) < 4.78 is 16.7. The standard InChI is InChI=1S/C73H133NO10/c1-3-5-7-9-11-13-40-45-49-53-57-61-69(78)82-62-58-54-50-46-42-39-37-35-33-31-29-27-25-23-21-19-17-15-16-18-20-22-24-26-28-30-32-34-36-38-41-44-48-52-56-60-68(77)74-65(64-83-73-72(81)71(80)70(79)67(63-75)84-73)66(76)59-55-51-47-43-14-12-10-8-6-4-2/h9,11,14,17,19,23,25,43,55,59,65-67,70-73,75-76,79-81H,3-8,10,12-13,15-16,18,20-22,24,26-42,44-54,56-58,60-64H2,1-2H3,(H,74,77)/b11-9-,19-17-,25-23-,43-14+,59-55+. The van der Waals surface area contributed by atoms with E-state index in [0.717, 1.165) is 64.2 Å². The molecule has 1 aliphatic heterocycles. The Morgan fingerprint density at radius 3 is 1.29 bits per heavy atom. The van der Waals surface area contributed by atoms with Crippen molar-refractivity contribution in [3.8, 4) is 0 Å². The third kappa shape index (κ3) is 50.4. The number of ether oxygens (including phenoxy) is 3. The van der Waals surface area contributed by atoms with Crippen molar-refractivity contribution in [1.82, 2.24) is 5.32 Å². The lowest BCUT2D eigenvalue weighted by Gasteiger charge is -2.40. The van der Waals surface area contributed by atoms with Gasteiger partial charge in [-0.15, -0.1) is 0 Å². The summed E-state index contributed by atoms with van der Waals surface area (Å²) in [4.78, 5) is 25.0. The third-order valence-electron chi connectivity index (χ3n) is 16.6. The van der Waals surface area contributed by atoms with Gasteiger partial charge in [0, 0.05) is 12.8 Å². The molecule has 0 aromatic carbocycles. The topological polar surface area (TPSA) is 175 Å². The number of aliphatic hydroxyl groups excluding tert-OH is 5. The van der Waals surface area contributed by atoms with E-state index in [-0.39, 0.29) is 18.5 Å². The minimum atomic E-state index is -1.58. The van der Waals surface area contributed by atoms with Crippen LogP contribution in [0.3, 0.4) is 0 Å². The average molecular weight is 1180 g/mol. The Balaban J connectivity index is 1.93. The highest BCUT2D eigenvalue weighted by molar-refractivity contribution is 5.76. The van der Waals surface area contributed by atoms with E-state index >= 15 is 0 Å². The van der Waals surface area contributed by atoms with Crippen molar-refractivity contribution in [2.75, 3.05) is 19.8 Å².